The third kappa shape index (κ3) is 3.26. The molecule has 0 amide bonds. The number of anilines is 1. The Kier molecular flexibility index (Phi) is 4.42. The van der Waals surface area contributed by atoms with E-state index in [1.807, 2.05) is 36.4 Å². The number of aromatic hydroxyl groups is 1. The summed E-state index contributed by atoms with van der Waals surface area (Å²) < 4.78 is 33.2. The van der Waals surface area contributed by atoms with Crippen molar-refractivity contribution in [2.24, 2.45) is 10.3 Å². The van der Waals surface area contributed by atoms with Gasteiger partial charge in [0.05, 0.1) is 11.4 Å². The van der Waals surface area contributed by atoms with Crippen LogP contribution in [-0.2, 0) is 10.1 Å². The van der Waals surface area contributed by atoms with E-state index < -0.39 is 20.8 Å². The molecule has 0 saturated heterocycles. The molecular formula is C20H15N3O4S. The zero-order valence-corrected chi connectivity index (χ0v) is 15.3. The van der Waals surface area contributed by atoms with Crippen molar-refractivity contribution in [3.8, 4) is 5.75 Å². The van der Waals surface area contributed by atoms with Gasteiger partial charge in [-0.1, -0.05) is 65.9 Å². The topological polar surface area (TPSA) is 111 Å². The summed E-state index contributed by atoms with van der Waals surface area (Å²) in [7, 11) is -4.70. The summed E-state index contributed by atoms with van der Waals surface area (Å²) in [6.45, 7) is 0. The second-order valence-corrected chi connectivity index (χ2v) is 7.47. The maximum Gasteiger partial charge on any atom is 0.300 e. The van der Waals surface area contributed by atoms with E-state index in [4.69, 9.17) is 0 Å². The SMILES string of the molecule is O=S(=O)(O)c1c(NN=Nc2cccc3ccccc23)cc2ccccc2c1O. The van der Waals surface area contributed by atoms with Gasteiger partial charge in [-0.25, -0.2) is 0 Å². The zero-order valence-electron chi connectivity index (χ0n) is 14.4. The Hall–Kier alpha value is -3.49. The lowest BCUT2D eigenvalue weighted by Gasteiger charge is -2.11. The molecule has 0 aromatic heterocycles. The molecule has 0 aliphatic heterocycles. The molecule has 3 N–H and O–H groups in total. The highest BCUT2D eigenvalue weighted by Crippen LogP contribution is 2.38. The van der Waals surface area contributed by atoms with Crippen molar-refractivity contribution in [3.05, 3.63) is 72.8 Å². The minimum absolute atomic E-state index is 0.0808. The van der Waals surface area contributed by atoms with Gasteiger partial charge in [-0.05, 0) is 22.9 Å². The molecule has 0 atom stereocenters. The summed E-state index contributed by atoms with van der Waals surface area (Å²) in [6, 6.07) is 21.3. The number of hydrogen-bond donors (Lipinski definition) is 3. The van der Waals surface area contributed by atoms with Crippen molar-refractivity contribution in [1.29, 1.82) is 0 Å². The zero-order chi connectivity index (χ0) is 19.7. The molecule has 0 fully saturated rings. The van der Waals surface area contributed by atoms with E-state index >= 15 is 0 Å². The Balaban J connectivity index is 1.78. The van der Waals surface area contributed by atoms with Crippen molar-refractivity contribution in [2.75, 3.05) is 5.43 Å². The summed E-state index contributed by atoms with van der Waals surface area (Å²) in [5.74, 6) is -0.552. The fourth-order valence-electron chi connectivity index (χ4n) is 3.08. The van der Waals surface area contributed by atoms with E-state index in [0.29, 0.717) is 16.5 Å². The van der Waals surface area contributed by atoms with Crippen LogP contribution in [0.25, 0.3) is 21.5 Å². The molecule has 0 heterocycles. The van der Waals surface area contributed by atoms with Crippen molar-refractivity contribution in [3.63, 3.8) is 0 Å². The number of hydrogen-bond acceptors (Lipinski definition) is 5. The Morgan fingerprint density at radius 2 is 1.46 bits per heavy atom. The van der Waals surface area contributed by atoms with E-state index in [9.17, 15) is 18.1 Å². The van der Waals surface area contributed by atoms with E-state index in [1.165, 1.54) is 6.07 Å². The maximum atomic E-state index is 11.8. The predicted octanol–water partition coefficient (Wildman–Crippen LogP) is 5.06. The quantitative estimate of drug-likeness (QED) is 0.255. The first-order valence-corrected chi connectivity index (χ1v) is 9.76. The van der Waals surface area contributed by atoms with Gasteiger partial charge in [-0.2, -0.15) is 8.42 Å². The van der Waals surface area contributed by atoms with Gasteiger partial charge in [0.1, 0.15) is 5.75 Å². The van der Waals surface area contributed by atoms with E-state index in [1.54, 1.807) is 30.3 Å². The summed E-state index contributed by atoms with van der Waals surface area (Å²) in [6.07, 6.45) is 0. The average Bonchev–Trinajstić information content (AvgIpc) is 2.67. The normalized spacial score (nSPS) is 12.0. The fraction of sp³-hybridized carbons (Fsp3) is 0. The second-order valence-electron chi connectivity index (χ2n) is 6.11. The summed E-state index contributed by atoms with van der Waals surface area (Å²) in [5.41, 5.74) is 3.03. The van der Waals surface area contributed by atoms with E-state index in [0.717, 1.165) is 10.8 Å². The number of nitrogens with zero attached hydrogens (tertiary/aromatic N) is 2. The minimum atomic E-state index is -4.70. The monoisotopic (exact) mass is 393 g/mol. The number of phenolic OH excluding ortho intramolecular Hbond substituents is 1. The first-order valence-electron chi connectivity index (χ1n) is 8.32. The van der Waals surface area contributed by atoms with Gasteiger partial charge >= 0.3 is 0 Å². The van der Waals surface area contributed by atoms with Gasteiger partial charge in [0, 0.05) is 10.8 Å². The van der Waals surface area contributed by atoms with Crippen LogP contribution in [0.3, 0.4) is 0 Å². The Labute approximate surface area is 160 Å². The molecule has 0 saturated carbocycles. The number of fused-ring (bicyclic) bond motifs is 2. The molecule has 7 nitrogen and oxygen atoms in total. The highest BCUT2D eigenvalue weighted by atomic mass is 32.2. The lowest BCUT2D eigenvalue weighted by atomic mass is 10.1. The molecule has 0 aliphatic rings. The molecule has 0 bridgehead atoms. The molecule has 4 aromatic carbocycles. The van der Waals surface area contributed by atoms with Gasteiger partial charge < -0.3 is 5.11 Å². The molecule has 4 aromatic rings. The number of phenols is 1. The van der Waals surface area contributed by atoms with Gasteiger partial charge in [-0.3, -0.25) is 9.98 Å². The molecule has 4 rings (SSSR count). The standard InChI is InChI=1S/C20H15N3O4S/c24-19-16-10-4-2-7-14(16)12-18(20(19)28(25,26)27)22-23-21-17-11-5-8-13-6-1-3-9-15(13)17/h1-12,24H,(H,21,22)(H,25,26,27). The number of benzene rings is 4. The number of nitrogens with one attached hydrogen (secondary N) is 1. The van der Waals surface area contributed by atoms with Gasteiger partial charge in [-0.15, -0.1) is 5.11 Å². The fourth-order valence-corrected chi connectivity index (χ4v) is 3.82. The molecular weight excluding hydrogens is 378 g/mol. The molecule has 8 heteroatoms. The van der Waals surface area contributed by atoms with Crippen molar-refractivity contribution in [1.82, 2.24) is 0 Å². The molecule has 0 radical (unpaired) electrons. The average molecular weight is 393 g/mol. The van der Waals surface area contributed by atoms with Crippen LogP contribution >= 0.6 is 0 Å². The second kappa shape index (κ2) is 6.91. The molecule has 0 unspecified atom stereocenters. The smallest absolute Gasteiger partial charge is 0.300 e. The lowest BCUT2D eigenvalue weighted by Crippen LogP contribution is -2.04. The summed E-state index contributed by atoms with van der Waals surface area (Å²) in [4.78, 5) is -0.650. The first-order chi connectivity index (χ1) is 13.4. The Morgan fingerprint density at radius 3 is 2.21 bits per heavy atom. The summed E-state index contributed by atoms with van der Waals surface area (Å²) >= 11 is 0. The van der Waals surface area contributed by atoms with Crippen LogP contribution in [0.1, 0.15) is 0 Å². The van der Waals surface area contributed by atoms with Crippen LogP contribution in [0.4, 0.5) is 11.4 Å². The van der Waals surface area contributed by atoms with Crippen LogP contribution in [0, 0.1) is 0 Å². The summed E-state index contributed by atoms with van der Waals surface area (Å²) in [5, 5.41) is 21.1. The minimum Gasteiger partial charge on any atom is -0.506 e. The van der Waals surface area contributed by atoms with Crippen LogP contribution in [0.5, 0.6) is 5.75 Å². The Bertz CT molecular complexity index is 1330. The largest absolute Gasteiger partial charge is 0.506 e. The predicted molar refractivity (Wildman–Crippen MR) is 108 cm³/mol. The van der Waals surface area contributed by atoms with E-state index in [-0.39, 0.29) is 5.69 Å². The van der Waals surface area contributed by atoms with Crippen LogP contribution in [0.2, 0.25) is 0 Å². The van der Waals surface area contributed by atoms with Gasteiger partial charge in [0.15, 0.2) is 4.90 Å². The maximum absolute atomic E-state index is 11.8. The van der Waals surface area contributed by atoms with Crippen molar-refractivity contribution in [2.45, 2.75) is 4.90 Å². The molecule has 0 aliphatic carbocycles. The van der Waals surface area contributed by atoms with Crippen LogP contribution in [-0.4, -0.2) is 18.1 Å². The third-order valence-electron chi connectivity index (χ3n) is 4.33. The molecule has 0 spiro atoms. The Morgan fingerprint density at radius 1 is 0.821 bits per heavy atom. The highest BCUT2D eigenvalue weighted by Gasteiger charge is 2.23. The first kappa shape index (κ1) is 17.9. The molecule has 140 valence electrons. The molecule has 28 heavy (non-hydrogen) atoms. The van der Waals surface area contributed by atoms with Crippen LogP contribution < -0.4 is 5.43 Å². The third-order valence-corrected chi connectivity index (χ3v) is 5.26. The van der Waals surface area contributed by atoms with Gasteiger partial charge in [0.2, 0.25) is 0 Å². The van der Waals surface area contributed by atoms with E-state index in [2.05, 4.69) is 15.8 Å². The van der Waals surface area contributed by atoms with Gasteiger partial charge in [0.25, 0.3) is 10.1 Å². The highest BCUT2D eigenvalue weighted by molar-refractivity contribution is 7.86. The van der Waals surface area contributed by atoms with Crippen molar-refractivity contribution >= 4 is 43.0 Å². The van der Waals surface area contributed by atoms with Crippen molar-refractivity contribution < 1.29 is 18.1 Å². The number of rotatable bonds is 4. The lowest BCUT2D eigenvalue weighted by molar-refractivity contribution is 0.449. The van der Waals surface area contributed by atoms with Crippen LogP contribution in [0.15, 0.2) is 88.0 Å².